The number of aryl methyl sites for hydroxylation is 1. The molecule has 9 nitrogen and oxygen atoms in total. The third kappa shape index (κ3) is 5.98. The predicted molar refractivity (Wildman–Crippen MR) is 115 cm³/mol. The van der Waals surface area contributed by atoms with Gasteiger partial charge in [-0.25, -0.2) is 9.50 Å². The van der Waals surface area contributed by atoms with Crippen molar-refractivity contribution in [1.29, 1.82) is 0 Å². The highest BCUT2D eigenvalue weighted by Crippen LogP contribution is 2.29. The van der Waals surface area contributed by atoms with Gasteiger partial charge in [-0.2, -0.15) is 23.4 Å². The van der Waals surface area contributed by atoms with Crippen LogP contribution in [0.3, 0.4) is 0 Å². The number of H-pyrrole nitrogens is 1. The van der Waals surface area contributed by atoms with Gasteiger partial charge in [-0.15, -0.1) is 16.0 Å². The number of aromatic amines is 1. The van der Waals surface area contributed by atoms with E-state index in [9.17, 15) is 18.0 Å². The first-order valence-corrected chi connectivity index (χ1v) is 10.9. The van der Waals surface area contributed by atoms with E-state index in [-0.39, 0.29) is 5.91 Å². The van der Waals surface area contributed by atoms with E-state index in [0.717, 1.165) is 27.9 Å². The van der Waals surface area contributed by atoms with Crippen LogP contribution in [-0.4, -0.2) is 44.3 Å². The molecule has 4 heterocycles. The lowest BCUT2D eigenvalue weighted by atomic mass is 10.1. The minimum Gasteiger partial charge on any atom is -0.542 e. The zero-order valence-electron chi connectivity index (χ0n) is 18.4. The first-order valence-electron chi connectivity index (χ1n) is 9.98. The van der Waals surface area contributed by atoms with Gasteiger partial charge >= 0.3 is 6.18 Å². The second-order valence-electron chi connectivity index (χ2n) is 7.73. The maximum absolute atomic E-state index is 12.3. The molecular weight excluding hydrogens is 473 g/mol. The van der Waals surface area contributed by atoms with Gasteiger partial charge in [0, 0.05) is 30.1 Å². The summed E-state index contributed by atoms with van der Waals surface area (Å²) in [5.74, 6) is -2.62. The van der Waals surface area contributed by atoms with Crippen LogP contribution in [0.15, 0.2) is 42.4 Å². The molecule has 4 rings (SSSR count). The monoisotopic (exact) mass is 494 g/mol. The zero-order chi connectivity index (χ0) is 25.0. The lowest BCUT2D eigenvalue weighted by Crippen LogP contribution is -2.37. The summed E-state index contributed by atoms with van der Waals surface area (Å²) in [4.78, 5) is 26.3. The number of thiophene rings is 1. The number of amides is 1. The number of aromatic nitrogens is 5. The maximum Gasteiger partial charge on any atom is 0.430 e. The number of carbonyl (C=O) groups excluding carboxylic acids is 2. The van der Waals surface area contributed by atoms with Gasteiger partial charge in [0.2, 0.25) is 6.20 Å². The van der Waals surface area contributed by atoms with Crippen molar-refractivity contribution in [2.75, 3.05) is 6.54 Å². The van der Waals surface area contributed by atoms with Crippen LogP contribution < -0.4 is 15.1 Å². The molecule has 13 heteroatoms. The number of hydrogen-bond acceptors (Lipinski definition) is 6. The Bertz CT molecular complexity index is 1310. The lowest BCUT2D eigenvalue weighted by molar-refractivity contribution is -0.726. The Morgan fingerprint density at radius 3 is 2.56 bits per heavy atom. The average Bonchev–Trinajstić information content (AvgIpc) is 3.50. The van der Waals surface area contributed by atoms with E-state index < -0.39 is 12.1 Å². The maximum atomic E-state index is 12.3. The fourth-order valence-corrected chi connectivity index (χ4v) is 3.64. The molecule has 1 amide bonds. The van der Waals surface area contributed by atoms with Gasteiger partial charge in [-0.1, -0.05) is 13.8 Å². The minimum atomic E-state index is -5.19. The van der Waals surface area contributed by atoms with Gasteiger partial charge < -0.3 is 15.2 Å². The molecule has 180 valence electrons. The standard InChI is InChI=1S/C19H20N6OS.C2HF3O2/c1-12(2)5-21-19(26)17-4-13(11-27-17)16-8-23-25-10-14(6-20-18(16)25)15-7-22-24(3)9-15;3-2(4,5)1(6)7/h4,6-12H,5H2,1-3H3,(H,21,26);(H,6,7). The first-order chi connectivity index (χ1) is 16.0. The van der Waals surface area contributed by atoms with Crippen molar-refractivity contribution in [3.63, 3.8) is 0 Å². The Balaban J connectivity index is 0.000000406. The van der Waals surface area contributed by atoms with E-state index >= 15 is 0 Å². The topological polar surface area (TPSA) is 119 Å². The summed E-state index contributed by atoms with van der Waals surface area (Å²) in [6, 6.07) is 1.90. The molecule has 0 saturated carbocycles. The van der Waals surface area contributed by atoms with Gasteiger partial charge in [0.25, 0.3) is 5.91 Å². The Labute approximate surface area is 195 Å². The highest BCUT2D eigenvalue weighted by atomic mass is 32.1. The normalized spacial score (nSPS) is 11.4. The van der Waals surface area contributed by atoms with Crippen LogP contribution in [0, 0.1) is 5.92 Å². The van der Waals surface area contributed by atoms with E-state index in [1.54, 1.807) is 10.7 Å². The number of halogens is 3. The molecule has 0 atom stereocenters. The molecule has 0 aromatic carbocycles. The number of rotatable bonds is 5. The van der Waals surface area contributed by atoms with Crippen molar-refractivity contribution in [2.45, 2.75) is 20.0 Å². The summed E-state index contributed by atoms with van der Waals surface area (Å²) < 4.78 is 35.2. The number of fused-ring (bicyclic) bond motifs is 1. The summed E-state index contributed by atoms with van der Waals surface area (Å²) >= 11 is 1.44. The van der Waals surface area contributed by atoms with E-state index in [0.29, 0.717) is 17.3 Å². The summed E-state index contributed by atoms with van der Waals surface area (Å²) in [6.45, 7) is 4.82. The van der Waals surface area contributed by atoms with Crippen LogP contribution in [0.4, 0.5) is 13.2 Å². The van der Waals surface area contributed by atoms with Crippen molar-refractivity contribution in [3.05, 3.63) is 47.3 Å². The fourth-order valence-electron chi connectivity index (χ4n) is 2.82. The second kappa shape index (κ2) is 10.0. The summed E-state index contributed by atoms with van der Waals surface area (Å²) in [5.41, 5.74) is 4.67. The number of hydrogen-bond donors (Lipinski definition) is 2. The fraction of sp³-hybridized carbons (Fsp3) is 0.286. The molecule has 0 unspecified atom stereocenters. The third-order valence-corrected chi connectivity index (χ3v) is 5.41. The molecule has 0 bridgehead atoms. The molecule has 0 aliphatic heterocycles. The predicted octanol–water partition coefficient (Wildman–Crippen LogP) is 1.96. The molecule has 4 aromatic heterocycles. The van der Waals surface area contributed by atoms with E-state index in [4.69, 9.17) is 9.90 Å². The van der Waals surface area contributed by atoms with Crippen molar-refractivity contribution in [1.82, 2.24) is 25.0 Å². The number of carboxylic acid groups (broad SMARTS) is 1. The van der Waals surface area contributed by atoms with Crippen molar-refractivity contribution in [3.8, 4) is 22.3 Å². The second-order valence-corrected chi connectivity index (χ2v) is 8.64. The van der Waals surface area contributed by atoms with Crippen LogP contribution in [0.1, 0.15) is 23.5 Å². The van der Waals surface area contributed by atoms with Crippen LogP contribution in [0.2, 0.25) is 0 Å². The van der Waals surface area contributed by atoms with Crippen molar-refractivity contribution < 1.29 is 32.5 Å². The van der Waals surface area contributed by atoms with Crippen molar-refractivity contribution in [2.24, 2.45) is 13.0 Å². The summed E-state index contributed by atoms with van der Waals surface area (Å²) in [5, 5.41) is 21.3. The molecule has 0 aliphatic rings. The van der Waals surface area contributed by atoms with Gasteiger partial charge in [0.1, 0.15) is 5.97 Å². The number of nitrogens with zero attached hydrogens (tertiary/aromatic N) is 4. The molecule has 34 heavy (non-hydrogen) atoms. The van der Waals surface area contributed by atoms with E-state index in [1.165, 1.54) is 11.3 Å². The highest BCUT2D eigenvalue weighted by molar-refractivity contribution is 7.12. The summed E-state index contributed by atoms with van der Waals surface area (Å²) in [6.07, 6.45) is 4.31. The lowest BCUT2D eigenvalue weighted by Gasteiger charge is -2.05. The summed E-state index contributed by atoms with van der Waals surface area (Å²) in [7, 11) is 1.94. The Kier molecular flexibility index (Phi) is 7.35. The van der Waals surface area contributed by atoms with Gasteiger partial charge in [0.05, 0.1) is 22.8 Å². The number of carboxylic acids is 1. The zero-order valence-corrected chi connectivity index (χ0v) is 19.2. The van der Waals surface area contributed by atoms with Crippen LogP contribution >= 0.6 is 11.3 Å². The third-order valence-electron chi connectivity index (χ3n) is 4.48. The Hall–Kier alpha value is -3.74. The molecule has 2 N–H and O–H groups in total. The molecule has 0 spiro atoms. The van der Waals surface area contributed by atoms with Crippen LogP contribution in [0.5, 0.6) is 0 Å². The number of carbonyl (C=O) groups is 2. The quantitative estimate of drug-likeness (QED) is 0.411. The van der Waals surface area contributed by atoms with Gasteiger partial charge in [-0.3, -0.25) is 4.79 Å². The van der Waals surface area contributed by atoms with E-state index in [2.05, 4.69) is 34.3 Å². The van der Waals surface area contributed by atoms with Gasteiger partial charge in [-0.05, 0) is 22.9 Å². The smallest absolute Gasteiger partial charge is 0.430 e. The Morgan fingerprint density at radius 2 is 1.97 bits per heavy atom. The number of aliphatic carboxylic acids is 1. The molecule has 0 fully saturated rings. The number of alkyl halides is 3. The number of nitrogens with one attached hydrogen (secondary N) is 2. The molecule has 0 aliphatic carbocycles. The van der Waals surface area contributed by atoms with Gasteiger partial charge in [0.15, 0.2) is 12.7 Å². The largest absolute Gasteiger partial charge is 0.542 e. The van der Waals surface area contributed by atoms with Crippen LogP contribution in [-0.2, 0) is 11.8 Å². The molecule has 0 saturated heterocycles. The van der Waals surface area contributed by atoms with E-state index in [1.807, 2.05) is 48.0 Å². The molecule has 4 aromatic rings. The Morgan fingerprint density at radius 1 is 1.26 bits per heavy atom. The first kappa shape index (κ1) is 24.9. The SMILES string of the molecule is CC(C)CNC(=O)c1cc(-c2cnn3cc(-c4c[nH][n+](C)c4)cnc23)cs1.O=C([O-])C(F)(F)F. The highest BCUT2D eigenvalue weighted by Gasteiger charge is 2.28. The van der Waals surface area contributed by atoms with Crippen molar-refractivity contribution >= 4 is 28.9 Å². The average molecular weight is 494 g/mol. The van der Waals surface area contributed by atoms with Crippen LogP contribution in [0.25, 0.3) is 27.9 Å². The molecular formula is C21H21F3N6O3S. The molecule has 0 radical (unpaired) electrons. The minimum absolute atomic E-state index is 0.0352.